The number of ether oxygens (including phenoxy) is 1. The zero-order valence-corrected chi connectivity index (χ0v) is 13.6. The van der Waals surface area contributed by atoms with Crippen molar-refractivity contribution in [2.75, 3.05) is 13.7 Å². The number of methoxy groups -OCH3 is 1. The Kier molecular flexibility index (Phi) is 4.60. The molecule has 1 aromatic carbocycles. The van der Waals surface area contributed by atoms with Crippen LogP contribution in [0.3, 0.4) is 0 Å². The first kappa shape index (κ1) is 15.8. The van der Waals surface area contributed by atoms with Crippen molar-refractivity contribution in [1.29, 1.82) is 0 Å². The molecule has 0 aliphatic carbocycles. The van der Waals surface area contributed by atoms with Gasteiger partial charge in [-0.15, -0.1) is 0 Å². The lowest BCUT2D eigenvalue weighted by Crippen LogP contribution is -2.28. The van der Waals surface area contributed by atoms with Gasteiger partial charge in [-0.05, 0) is 30.3 Å². The van der Waals surface area contributed by atoms with E-state index in [0.29, 0.717) is 18.8 Å². The maximum absolute atomic E-state index is 12.3. The summed E-state index contributed by atoms with van der Waals surface area (Å²) in [6, 6.07) is 9.36. The molecule has 2 aromatic heterocycles. The Morgan fingerprint density at radius 2 is 2.08 bits per heavy atom. The maximum Gasteiger partial charge on any atom is 0.269 e. The molecule has 0 saturated heterocycles. The number of hydrogen-bond acceptors (Lipinski definition) is 4. The number of rotatable bonds is 6. The van der Waals surface area contributed by atoms with Crippen LogP contribution in [0.15, 0.2) is 49.1 Å². The number of aryl methyl sites for hydroxylation is 1. The van der Waals surface area contributed by atoms with E-state index < -0.39 is 0 Å². The highest BCUT2D eigenvalue weighted by Crippen LogP contribution is 2.21. The third kappa shape index (κ3) is 3.45. The Hall–Kier alpha value is -3.09. The fourth-order valence-electron chi connectivity index (χ4n) is 2.39. The predicted molar refractivity (Wildman–Crippen MR) is 89.8 cm³/mol. The Balaban J connectivity index is 1.67. The van der Waals surface area contributed by atoms with Gasteiger partial charge in [-0.25, -0.2) is 4.98 Å². The van der Waals surface area contributed by atoms with Crippen molar-refractivity contribution >= 4 is 5.91 Å². The summed E-state index contributed by atoms with van der Waals surface area (Å²) in [5.74, 6) is 0.636. The van der Waals surface area contributed by atoms with E-state index in [0.717, 1.165) is 17.0 Å². The monoisotopic (exact) mass is 325 g/mol. The van der Waals surface area contributed by atoms with E-state index in [1.165, 1.54) is 0 Å². The van der Waals surface area contributed by atoms with Gasteiger partial charge < -0.3 is 14.6 Å². The second-order valence-electron chi connectivity index (χ2n) is 5.32. The molecule has 1 amide bonds. The quantitative estimate of drug-likeness (QED) is 0.749. The van der Waals surface area contributed by atoms with Crippen molar-refractivity contribution < 1.29 is 9.53 Å². The summed E-state index contributed by atoms with van der Waals surface area (Å²) in [5.41, 5.74) is 2.20. The summed E-state index contributed by atoms with van der Waals surface area (Å²) in [5, 5.41) is 7.31. The van der Waals surface area contributed by atoms with E-state index in [1.807, 2.05) is 35.0 Å². The molecule has 0 saturated carbocycles. The number of hydrogen-bond donors (Lipinski definition) is 1. The van der Waals surface area contributed by atoms with E-state index in [9.17, 15) is 4.79 Å². The smallest absolute Gasteiger partial charge is 0.269 e. The second kappa shape index (κ2) is 6.99. The molecule has 3 rings (SSSR count). The molecular weight excluding hydrogens is 306 g/mol. The van der Waals surface area contributed by atoms with Crippen molar-refractivity contribution in [2.45, 2.75) is 6.54 Å². The standard InChI is InChI=1S/C17H19N5O2/c1-21-16(17(23)19-8-10-22-9-7-18-12-22)11-15(20-21)13-3-5-14(24-2)6-4-13/h3-7,9,11-12H,8,10H2,1-2H3,(H,19,23). The van der Waals surface area contributed by atoms with Gasteiger partial charge in [0.1, 0.15) is 11.4 Å². The Morgan fingerprint density at radius 3 is 2.75 bits per heavy atom. The first-order valence-electron chi connectivity index (χ1n) is 7.60. The van der Waals surface area contributed by atoms with Crippen LogP contribution in [0.4, 0.5) is 0 Å². The number of imidazole rings is 1. The van der Waals surface area contributed by atoms with Crippen LogP contribution in [-0.2, 0) is 13.6 Å². The number of carbonyl (C=O) groups is 1. The first-order valence-corrected chi connectivity index (χ1v) is 7.60. The van der Waals surface area contributed by atoms with Gasteiger partial charge in [0.05, 0.1) is 19.1 Å². The molecule has 24 heavy (non-hydrogen) atoms. The minimum atomic E-state index is -0.148. The van der Waals surface area contributed by atoms with Gasteiger partial charge in [0.25, 0.3) is 5.91 Å². The second-order valence-corrected chi connectivity index (χ2v) is 5.32. The predicted octanol–water partition coefficient (Wildman–Crippen LogP) is 1.72. The van der Waals surface area contributed by atoms with Crippen LogP contribution in [0.5, 0.6) is 5.75 Å². The molecule has 2 heterocycles. The SMILES string of the molecule is COc1ccc(-c2cc(C(=O)NCCn3ccnc3)n(C)n2)cc1. The topological polar surface area (TPSA) is 74.0 Å². The lowest BCUT2D eigenvalue weighted by atomic mass is 10.1. The van der Waals surface area contributed by atoms with Gasteiger partial charge in [0, 0.05) is 38.1 Å². The first-order chi connectivity index (χ1) is 11.7. The number of nitrogens with zero attached hydrogens (tertiary/aromatic N) is 4. The Bertz CT molecular complexity index is 806. The van der Waals surface area contributed by atoms with Crippen LogP contribution in [0.2, 0.25) is 0 Å². The number of amides is 1. The summed E-state index contributed by atoms with van der Waals surface area (Å²) in [6.07, 6.45) is 5.29. The average molecular weight is 325 g/mol. The van der Waals surface area contributed by atoms with Gasteiger partial charge in [-0.3, -0.25) is 9.48 Å². The average Bonchev–Trinajstić information content (AvgIpc) is 3.24. The Labute approximate surface area is 139 Å². The van der Waals surface area contributed by atoms with Crippen molar-refractivity contribution in [3.63, 3.8) is 0 Å². The zero-order valence-electron chi connectivity index (χ0n) is 13.6. The minimum Gasteiger partial charge on any atom is -0.497 e. The van der Waals surface area contributed by atoms with E-state index in [2.05, 4.69) is 15.4 Å². The van der Waals surface area contributed by atoms with Crippen molar-refractivity contribution in [3.8, 4) is 17.0 Å². The van der Waals surface area contributed by atoms with Gasteiger partial charge in [-0.1, -0.05) is 0 Å². The zero-order chi connectivity index (χ0) is 16.9. The lowest BCUT2D eigenvalue weighted by molar-refractivity contribution is 0.0943. The van der Waals surface area contributed by atoms with E-state index in [4.69, 9.17) is 4.74 Å². The fourth-order valence-corrected chi connectivity index (χ4v) is 2.39. The summed E-state index contributed by atoms with van der Waals surface area (Å²) in [4.78, 5) is 16.3. The molecule has 0 bridgehead atoms. The third-order valence-electron chi connectivity index (χ3n) is 3.71. The lowest BCUT2D eigenvalue weighted by Gasteiger charge is -2.05. The highest BCUT2D eigenvalue weighted by Gasteiger charge is 2.14. The number of carbonyl (C=O) groups excluding carboxylic acids is 1. The highest BCUT2D eigenvalue weighted by molar-refractivity contribution is 5.93. The molecule has 0 fully saturated rings. The summed E-state index contributed by atoms with van der Waals surface area (Å²) in [7, 11) is 3.39. The summed E-state index contributed by atoms with van der Waals surface area (Å²) >= 11 is 0. The molecule has 0 aliphatic heterocycles. The summed E-state index contributed by atoms with van der Waals surface area (Å²) < 4.78 is 8.65. The van der Waals surface area contributed by atoms with Crippen molar-refractivity contribution in [2.24, 2.45) is 7.05 Å². The molecule has 0 unspecified atom stereocenters. The summed E-state index contributed by atoms with van der Waals surface area (Å²) in [6.45, 7) is 1.20. The molecule has 0 spiro atoms. The molecule has 124 valence electrons. The molecule has 0 radical (unpaired) electrons. The molecular formula is C17H19N5O2. The van der Waals surface area contributed by atoms with Crippen LogP contribution in [0, 0.1) is 0 Å². The number of aromatic nitrogens is 4. The van der Waals surface area contributed by atoms with Crippen molar-refractivity contribution in [3.05, 3.63) is 54.7 Å². The fraction of sp³-hybridized carbons (Fsp3) is 0.235. The highest BCUT2D eigenvalue weighted by atomic mass is 16.5. The van der Waals surface area contributed by atoms with Crippen LogP contribution < -0.4 is 10.1 Å². The molecule has 1 N–H and O–H groups in total. The minimum absolute atomic E-state index is 0.148. The molecule has 7 heteroatoms. The van der Waals surface area contributed by atoms with Gasteiger partial charge in [0.15, 0.2) is 0 Å². The van der Waals surface area contributed by atoms with E-state index in [-0.39, 0.29) is 5.91 Å². The van der Waals surface area contributed by atoms with E-state index in [1.54, 1.807) is 37.4 Å². The van der Waals surface area contributed by atoms with Crippen LogP contribution in [0.25, 0.3) is 11.3 Å². The van der Waals surface area contributed by atoms with Crippen LogP contribution in [0.1, 0.15) is 10.5 Å². The van der Waals surface area contributed by atoms with Crippen molar-refractivity contribution in [1.82, 2.24) is 24.6 Å². The largest absolute Gasteiger partial charge is 0.497 e. The van der Waals surface area contributed by atoms with Gasteiger partial charge >= 0.3 is 0 Å². The normalized spacial score (nSPS) is 10.6. The molecule has 0 aliphatic rings. The Morgan fingerprint density at radius 1 is 1.29 bits per heavy atom. The third-order valence-corrected chi connectivity index (χ3v) is 3.71. The van der Waals surface area contributed by atoms with Crippen LogP contribution in [-0.4, -0.2) is 38.9 Å². The molecule has 0 atom stereocenters. The van der Waals surface area contributed by atoms with E-state index >= 15 is 0 Å². The number of nitrogens with one attached hydrogen (secondary N) is 1. The van der Waals surface area contributed by atoms with Gasteiger partial charge in [0.2, 0.25) is 0 Å². The van der Waals surface area contributed by atoms with Gasteiger partial charge in [-0.2, -0.15) is 5.10 Å². The maximum atomic E-state index is 12.3. The number of benzene rings is 1. The van der Waals surface area contributed by atoms with Crippen LogP contribution >= 0.6 is 0 Å². The molecule has 7 nitrogen and oxygen atoms in total. The molecule has 3 aromatic rings.